The van der Waals surface area contributed by atoms with Crippen LogP contribution >= 0.6 is 11.3 Å². The zero-order valence-corrected chi connectivity index (χ0v) is 20.4. The highest BCUT2D eigenvalue weighted by Gasteiger charge is 2.27. The predicted molar refractivity (Wildman–Crippen MR) is 135 cm³/mol. The first kappa shape index (κ1) is 22.6. The largest absolute Gasteiger partial charge is 0.366 e. The molecule has 2 aliphatic rings. The molecule has 1 amide bonds. The van der Waals surface area contributed by atoms with E-state index in [0.29, 0.717) is 18.4 Å². The maximum absolute atomic E-state index is 12.3. The third kappa shape index (κ3) is 4.88. The van der Waals surface area contributed by atoms with Crippen molar-refractivity contribution in [1.82, 2.24) is 9.88 Å². The highest BCUT2D eigenvalue weighted by atomic mass is 32.2. The number of thiophene rings is 1. The Kier molecular flexibility index (Phi) is 6.33. The van der Waals surface area contributed by atoms with E-state index in [4.69, 9.17) is 5.73 Å². The lowest BCUT2D eigenvalue weighted by molar-refractivity contribution is 0.100. The summed E-state index contributed by atoms with van der Waals surface area (Å²) >= 11 is 1.78. The van der Waals surface area contributed by atoms with Crippen LogP contribution in [0, 0.1) is 0 Å². The van der Waals surface area contributed by atoms with Crippen LogP contribution in [0.25, 0.3) is 21.3 Å². The predicted octanol–water partition coefficient (Wildman–Crippen LogP) is 4.66. The number of H-pyrrole nitrogens is 1. The fraction of sp³-hybridized carbons (Fsp3) is 0.480. The van der Waals surface area contributed by atoms with Gasteiger partial charge in [-0.15, -0.1) is 11.3 Å². The standard InChI is InChI=1S/C25H31N3O3S2/c26-25(29)21-14-18(23-6-5-19(32-23)16-28-9-3-1-2-4-10-28)13-20-22(15-27-24(20)21)17-7-11-33(30,31)12-8-17/h5-6,13-15,17,27H,1-4,7-12,16H2,(H2,26,29). The normalized spacial score (nSPS) is 20.1. The molecule has 6 nitrogen and oxygen atoms in total. The SMILES string of the molecule is NC(=O)c1cc(-c2ccc(CN3CCCCCC3)s2)cc2c(C3CCS(=O)(=O)CC3)c[nH]c12. The molecule has 0 spiro atoms. The minimum Gasteiger partial charge on any atom is -0.366 e. The lowest BCUT2D eigenvalue weighted by atomic mass is 9.91. The van der Waals surface area contributed by atoms with Crippen molar-refractivity contribution in [3.05, 3.63) is 46.5 Å². The Morgan fingerprint density at radius 1 is 1.09 bits per heavy atom. The summed E-state index contributed by atoms with van der Waals surface area (Å²) in [5.41, 5.74) is 9.07. The van der Waals surface area contributed by atoms with Crippen molar-refractivity contribution in [3.63, 3.8) is 0 Å². The third-order valence-electron chi connectivity index (χ3n) is 7.11. The summed E-state index contributed by atoms with van der Waals surface area (Å²) in [5, 5.41) is 0.980. The van der Waals surface area contributed by atoms with Gasteiger partial charge in [0.15, 0.2) is 0 Å². The zero-order chi connectivity index (χ0) is 23.0. The van der Waals surface area contributed by atoms with Gasteiger partial charge in [-0.3, -0.25) is 9.69 Å². The lowest BCUT2D eigenvalue weighted by Gasteiger charge is -2.21. The average Bonchev–Trinajstić information content (AvgIpc) is 3.34. The molecule has 0 saturated carbocycles. The topological polar surface area (TPSA) is 96.3 Å². The number of hydrogen-bond acceptors (Lipinski definition) is 5. The second-order valence-electron chi connectivity index (χ2n) is 9.44. The number of nitrogens with zero attached hydrogens (tertiary/aromatic N) is 1. The summed E-state index contributed by atoms with van der Waals surface area (Å²) in [6.45, 7) is 3.30. The van der Waals surface area contributed by atoms with Crippen LogP contribution in [0.5, 0.6) is 0 Å². The van der Waals surface area contributed by atoms with Crippen molar-refractivity contribution in [1.29, 1.82) is 0 Å². The molecule has 2 saturated heterocycles. The molecule has 33 heavy (non-hydrogen) atoms. The maximum Gasteiger partial charge on any atom is 0.250 e. The molecule has 2 aliphatic heterocycles. The second kappa shape index (κ2) is 9.24. The van der Waals surface area contributed by atoms with Crippen LogP contribution in [0.2, 0.25) is 0 Å². The number of carbonyl (C=O) groups excluding carboxylic acids is 1. The van der Waals surface area contributed by atoms with Crippen molar-refractivity contribution in [3.8, 4) is 10.4 Å². The molecule has 0 aliphatic carbocycles. The summed E-state index contributed by atoms with van der Waals surface area (Å²) in [5.74, 6) is 0.151. The molecule has 5 rings (SSSR count). The van der Waals surface area contributed by atoms with E-state index in [1.807, 2.05) is 12.3 Å². The molecule has 0 unspecified atom stereocenters. The number of carbonyl (C=O) groups is 1. The van der Waals surface area contributed by atoms with Crippen LogP contribution in [-0.2, 0) is 16.4 Å². The van der Waals surface area contributed by atoms with E-state index in [1.54, 1.807) is 11.3 Å². The Hall–Kier alpha value is -2.16. The summed E-state index contributed by atoms with van der Waals surface area (Å²) in [6.07, 6.45) is 8.37. The first-order chi connectivity index (χ1) is 15.9. The number of nitrogens with two attached hydrogens (primary N) is 1. The number of benzene rings is 1. The number of likely N-dealkylation sites (tertiary alicyclic amines) is 1. The van der Waals surface area contributed by atoms with Gasteiger partial charge in [-0.2, -0.15) is 0 Å². The van der Waals surface area contributed by atoms with Gasteiger partial charge in [-0.25, -0.2) is 8.42 Å². The maximum atomic E-state index is 12.3. The van der Waals surface area contributed by atoms with Gasteiger partial charge in [0, 0.05) is 27.9 Å². The first-order valence-corrected chi connectivity index (χ1v) is 14.5. The van der Waals surface area contributed by atoms with E-state index in [2.05, 4.69) is 28.1 Å². The molecule has 176 valence electrons. The minimum atomic E-state index is -2.93. The Morgan fingerprint density at radius 3 is 2.52 bits per heavy atom. The van der Waals surface area contributed by atoms with Gasteiger partial charge in [-0.1, -0.05) is 12.8 Å². The van der Waals surface area contributed by atoms with E-state index in [0.717, 1.165) is 46.5 Å². The van der Waals surface area contributed by atoms with Crippen molar-refractivity contribution < 1.29 is 13.2 Å². The van der Waals surface area contributed by atoms with E-state index < -0.39 is 15.7 Å². The molecule has 2 fully saturated rings. The van der Waals surface area contributed by atoms with Crippen molar-refractivity contribution in [2.75, 3.05) is 24.6 Å². The molecule has 3 aromatic rings. The molecular formula is C25H31N3O3S2. The van der Waals surface area contributed by atoms with Gasteiger partial charge in [0.25, 0.3) is 5.91 Å². The van der Waals surface area contributed by atoms with Crippen LogP contribution < -0.4 is 5.73 Å². The summed E-state index contributed by atoms with van der Waals surface area (Å²) in [6, 6.07) is 8.36. The van der Waals surface area contributed by atoms with Crippen LogP contribution in [0.1, 0.15) is 65.2 Å². The second-order valence-corrected chi connectivity index (χ2v) is 12.9. The number of primary amides is 1. The van der Waals surface area contributed by atoms with Gasteiger partial charge in [0.2, 0.25) is 0 Å². The van der Waals surface area contributed by atoms with Gasteiger partial charge in [0.05, 0.1) is 22.6 Å². The van der Waals surface area contributed by atoms with E-state index in [-0.39, 0.29) is 17.4 Å². The monoisotopic (exact) mass is 485 g/mol. The number of fused-ring (bicyclic) bond motifs is 1. The lowest BCUT2D eigenvalue weighted by Crippen LogP contribution is -2.23. The Labute approximate surface area is 199 Å². The smallest absolute Gasteiger partial charge is 0.250 e. The van der Waals surface area contributed by atoms with Gasteiger partial charge < -0.3 is 10.7 Å². The number of amides is 1. The average molecular weight is 486 g/mol. The molecule has 0 atom stereocenters. The third-order valence-corrected chi connectivity index (χ3v) is 9.94. The number of aromatic amines is 1. The van der Waals surface area contributed by atoms with Gasteiger partial charge in [-0.05, 0) is 80.1 Å². The van der Waals surface area contributed by atoms with Crippen molar-refractivity contribution >= 4 is 38.0 Å². The highest BCUT2D eigenvalue weighted by Crippen LogP contribution is 2.38. The number of sulfone groups is 1. The van der Waals surface area contributed by atoms with Crippen LogP contribution in [0.3, 0.4) is 0 Å². The minimum absolute atomic E-state index is 0.167. The number of aromatic nitrogens is 1. The fourth-order valence-electron chi connectivity index (χ4n) is 5.26. The zero-order valence-electron chi connectivity index (χ0n) is 18.8. The Balaban J connectivity index is 1.47. The molecular weight excluding hydrogens is 454 g/mol. The molecule has 8 heteroatoms. The number of nitrogens with one attached hydrogen (secondary N) is 1. The molecule has 2 aromatic heterocycles. The Morgan fingerprint density at radius 2 is 1.82 bits per heavy atom. The van der Waals surface area contributed by atoms with Gasteiger partial charge in [0.1, 0.15) is 9.84 Å². The number of hydrogen-bond donors (Lipinski definition) is 2. The number of rotatable bonds is 5. The molecule has 0 radical (unpaired) electrons. The highest BCUT2D eigenvalue weighted by molar-refractivity contribution is 7.91. The van der Waals surface area contributed by atoms with Crippen LogP contribution in [0.15, 0.2) is 30.5 Å². The quantitative estimate of drug-likeness (QED) is 0.549. The molecule has 0 bridgehead atoms. The van der Waals surface area contributed by atoms with Crippen LogP contribution in [-0.4, -0.2) is 48.8 Å². The van der Waals surface area contributed by atoms with E-state index >= 15 is 0 Å². The van der Waals surface area contributed by atoms with E-state index in [9.17, 15) is 13.2 Å². The summed E-state index contributed by atoms with van der Waals surface area (Å²) < 4.78 is 23.8. The molecule has 4 heterocycles. The summed E-state index contributed by atoms with van der Waals surface area (Å²) in [4.78, 5) is 20.5. The van der Waals surface area contributed by atoms with Crippen molar-refractivity contribution in [2.45, 2.75) is 51.0 Å². The molecule has 3 N–H and O–H groups in total. The molecule has 1 aromatic carbocycles. The van der Waals surface area contributed by atoms with E-state index in [1.165, 1.54) is 30.6 Å². The van der Waals surface area contributed by atoms with Crippen LogP contribution in [0.4, 0.5) is 0 Å². The van der Waals surface area contributed by atoms with Gasteiger partial charge >= 0.3 is 0 Å². The summed E-state index contributed by atoms with van der Waals surface area (Å²) in [7, 11) is -2.93. The Bertz CT molecular complexity index is 1250. The first-order valence-electron chi connectivity index (χ1n) is 11.9. The van der Waals surface area contributed by atoms with Crippen molar-refractivity contribution in [2.24, 2.45) is 5.73 Å². The fourth-order valence-corrected chi connectivity index (χ4v) is 7.79.